The lowest BCUT2D eigenvalue weighted by atomic mass is 9.54. The second-order valence-electron chi connectivity index (χ2n) is 13.1. The molecule has 262 valence electrons. The molecule has 2 aromatic rings. The van der Waals surface area contributed by atoms with E-state index in [1.165, 1.54) is 25.1 Å². The SMILES string of the molecule is CC(=O)C[C@@H](CC(=O)OC1=CC[C@@]2(O)[C@@H](C)N(C)CC[C@@]23c2c(C)ccc(O)c2O[C@@H]13)C(=O)O[C@H](C(=O)O[C@@H](C)C(=O)O)c1ccccc1. The van der Waals surface area contributed by atoms with Crippen LogP contribution in [0.1, 0.15) is 69.2 Å². The number of fused-ring (bicyclic) bond motifs is 1. The van der Waals surface area contributed by atoms with Crippen molar-refractivity contribution in [3.63, 3.8) is 0 Å². The van der Waals surface area contributed by atoms with E-state index in [1.807, 2.05) is 25.8 Å². The Labute approximate surface area is 283 Å². The van der Waals surface area contributed by atoms with Gasteiger partial charge in [0.2, 0.25) is 6.10 Å². The number of carboxylic acid groups (broad SMARTS) is 1. The number of nitrogens with zero attached hydrogens (tertiary/aromatic N) is 1. The van der Waals surface area contributed by atoms with Crippen molar-refractivity contribution in [1.82, 2.24) is 4.90 Å². The Morgan fingerprint density at radius 1 is 1.04 bits per heavy atom. The summed E-state index contributed by atoms with van der Waals surface area (Å²) in [6.45, 7) is 6.74. The summed E-state index contributed by atoms with van der Waals surface area (Å²) in [6.07, 6.45) is -3.11. The summed E-state index contributed by atoms with van der Waals surface area (Å²) in [7, 11) is 1.92. The largest absolute Gasteiger partial charge is 0.504 e. The quantitative estimate of drug-likeness (QED) is 0.232. The Morgan fingerprint density at radius 3 is 2.39 bits per heavy atom. The molecule has 2 heterocycles. The molecule has 1 aliphatic carbocycles. The second kappa shape index (κ2) is 13.6. The number of rotatable bonds is 11. The predicted molar refractivity (Wildman–Crippen MR) is 171 cm³/mol. The number of hydrogen-bond donors (Lipinski definition) is 3. The zero-order chi connectivity index (χ0) is 35.8. The lowest BCUT2D eigenvalue weighted by Crippen LogP contribution is -2.71. The maximum absolute atomic E-state index is 13.6. The van der Waals surface area contributed by atoms with Gasteiger partial charge in [0.15, 0.2) is 23.7 Å². The van der Waals surface area contributed by atoms with Crippen molar-refractivity contribution in [1.29, 1.82) is 0 Å². The molecular weight excluding hydrogens is 638 g/mol. The van der Waals surface area contributed by atoms with E-state index in [-0.39, 0.29) is 35.3 Å². The number of piperidine rings is 1. The Morgan fingerprint density at radius 2 is 1.73 bits per heavy atom. The van der Waals surface area contributed by atoms with Crippen molar-refractivity contribution >= 4 is 29.7 Å². The van der Waals surface area contributed by atoms with Crippen LogP contribution in [0.4, 0.5) is 0 Å². The van der Waals surface area contributed by atoms with Crippen LogP contribution in [0.15, 0.2) is 54.3 Å². The highest BCUT2D eigenvalue weighted by Gasteiger charge is 2.69. The van der Waals surface area contributed by atoms with E-state index in [0.717, 1.165) is 12.5 Å². The van der Waals surface area contributed by atoms with Gasteiger partial charge in [-0.1, -0.05) is 36.4 Å². The van der Waals surface area contributed by atoms with Gasteiger partial charge in [-0.3, -0.25) is 9.59 Å². The highest BCUT2D eigenvalue weighted by Crippen LogP contribution is 2.62. The third-order valence-electron chi connectivity index (χ3n) is 10.0. The van der Waals surface area contributed by atoms with Crippen LogP contribution >= 0.6 is 0 Å². The lowest BCUT2D eigenvalue weighted by Gasteiger charge is -2.58. The van der Waals surface area contributed by atoms with E-state index in [2.05, 4.69) is 0 Å². The average molecular weight is 680 g/mol. The minimum Gasteiger partial charge on any atom is -0.504 e. The van der Waals surface area contributed by atoms with Crippen molar-refractivity contribution in [3.8, 4) is 11.5 Å². The summed E-state index contributed by atoms with van der Waals surface area (Å²) in [5, 5.41) is 32.4. The van der Waals surface area contributed by atoms with Gasteiger partial charge in [-0.2, -0.15) is 0 Å². The zero-order valence-electron chi connectivity index (χ0n) is 28.0. The number of aryl methyl sites for hydroxylation is 1. The van der Waals surface area contributed by atoms with E-state index in [1.54, 1.807) is 30.3 Å². The van der Waals surface area contributed by atoms with Crippen molar-refractivity contribution in [3.05, 3.63) is 71.0 Å². The second-order valence-corrected chi connectivity index (χ2v) is 13.1. The fraction of sp³-hybridized carbons (Fsp3) is 0.472. The highest BCUT2D eigenvalue weighted by atomic mass is 16.6. The lowest BCUT2D eigenvalue weighted by molar-refractivity contribution is -0.179. The number of aliphatic carboxylic acids is 1. The number of likely N-dealkylation sites (tertiary alicyclic amines) is 1. The number of carbonyl (C=O) groups excluding carboxylic acids is 4. The summed E-state index contributed by atoms with van der Waals surface area (Å²) in [6, 6.07) is 10.7. The van der Waals surface area contributed by atoms with Gasteiger partial charge in [0, 0.05) is 30.0 Å². The smallest absolute Gasteiger partial charge is 0.353 e. The van der Waals surface area contributed by atoms with Crippen LogP contribution in [-0.4, -0.2) is 87.3 Å². The fourth-order valence-corrected chi connectivity index (χ4v) is 7.34. The number of carboxylic acids is 1. The molecule has 0 unspecified atom stereocenters. The van der Waals surface area contributed by atoms with Gasteiger partial charge >= 0.3 is 23.9 Å². The van der Waals surface area contributed by atoms with Gasteiger partial charge < -0.3 is 44.0 Å². The van der Waals surface area contributed by atoms with Gasteiger partial charge in [0.1, 0.15) is 11.5 Å². The topological polar surface area (TPSA) is 186 Å². The van der Waals surface area contributed by atoms with Gasteiger partial charge in [-0.25, -0.2) is 9.59 Å². The minimum absolute atomic E-state index is 0.101. The number of aromatic hydroxyl groups is 1. The number of hydrogen-bond acceptors (Lipinski definition) is 12. The monoisotopic (exact) mass is 679 g/mol. The van der Waals surface area contributed by atoms with E-state index < -0.39 is 77.7 Å². The first-order chi connectivity index (χ1) is 23.1. The summed E-state index contributed by atoms with van der Waals surface area (Å²) in [4.78, 5) is 65.6. The molecule has 0 amide bonds. The number of phenolic OH excluding ortho intramolecular Hbond substituents is 1. The third-order valence-corrected chi connectivity index (χ3v) is 10.0. The van der Waals surface area contributed by atoms with Crippen LogP contribution in [0.5, 0.6) is 11.5 Å². The average Bonchev–Trinajstić information content (AvgIpc) is 3.42. The van der Waals surface area contributed by atoms with Crippen molar-refractivity contribution < 1.29 is 58.2 Å². The molecular formula is C36H41NO12. The molecule has 2 aliphatic heterocycles. The Balaban J connectivity index is 1.40. The molecule has 1 saturated heterocycles. The summed E-state index contributed by atoms with van der Waals surface area (Å²) in [5.41, 5.74) is -0.793. The van der Waals surface area contributed by atoms with Crippen LogP contribution in [0.3, 0.4) is 0 Å². The molecule has 7 atom stereocenters. The summed E-state index contributed by atoms with van der Waals surface area (Å²) in [5.74, 6) is -6.13. The molecule has 0 radical (unpaired) electrons. The van der Waals surface area contributed by atoms with Crippen molar-refractivity contribution in [2.75, 3.05) is 13.6 Å². The molecule has 5 rings (SSSR count). The van der Waals surface area contributed by atoms with Gasteiger partial charge in [0.05, 0.1) is 23.4 Å². The standard InChI is InChI=1S/C36H41NO12/c1-19-11-12-25(39)30-28(19)35-15-16-37(5)22(4)36(35,45)14-13-26(31(35)48-30)47-27(40)18-24(17-20(2)38)33(43)49-29(23-9-7-6-8-10-23)34(44)46-21(3)32(41)42/h6-13,21-22,24,29,31,39,45H,14-18H2,1-5H3,(H,41,42)/t21-,22+,24-,29-,31-,35-,36+/m0/s1. The number of Topliss-reactive ketones (excluding diaryl/α,β-unsaturated/α-hetero) is 1. The number of carbonyl (C=O) groups is 5. The van der Waals surface area contributed by atoms with Gasteiger partial charge in [-0.05, 0) is 65.4 Å². The first-order valence-electron chi connectivity index (χ1n) is 16.1. The first kappa shape index (κ1) is 35.6. The van der Waals surface area contributed by atoms with Gasteiger partial charge in [-0.15, -0.1) is 0 Å². The molecule has 2 aromatic carbocycles. The zero-order valence-corrected chi connectivity index (χ0v) is 28.0. The number of likely N-dealkylation sites (N-methyl/N-ethyl adjacent to an activating group) is 1. The maximum Gasteiger partial charge on any atom is 0.353 e. The molecule has 0 aromatic heterocycles. The van der Waals surface area contributed by atoms with Gasteiger partial charge in [0.25, 0.3) is 0 Å². The van der Waals surface area contributed by atoms with E-state index in [0.29, 0.717) is 18.5 Å². The van der Waals surface area contributed by atoms with E-state index in [4.69, 9.17) is 18.9 Å². The maximum atomic E-state index is 13.6. The van der Waals surface area contributed by atoms with E-state index >= 15 is 0 Å². The summed E-state index contributed by atoms with van der Waals surface area (Å²) < 4.78 is 22.7. The molecule has 0 bridgehead atoms. The minimum atomic E-state index is -1.67. The van der Waals surface area contributed by atoms with Crippen LogP contribution in [0.2, 0.25) is 0 Å². The first-order valence-corrected chi connectivity index (χ1v) is 16.1. The highest BCUT2D eigenvalue weighted by molar-refractivity contribution is 5.88. The van der Waals surface area contributed by atoms with Crippen LogP contribution < -0.4 is 4.74 Å². The Kier molecular flexibility index (Phi) is 9.89. The number of phenols is 1. The number of esters is 3. The molecule has 1 spiro atoms. The molecule has 3 N–H and O–H groups in total. The van der Waals surface area contributed by atoms with Crippen LogP contribution in [-0.2, 0) is 43.6 Å². The molecule has 13 nitrogen and oxygen atoms in total. The van der Waals surface area contributed by atoms with Crippen LogP contribution in [0.25, 0.3) is 0 Å². The molecule has 13 heteroatoms. The summed E-state index contributed by atoms with van der Waals surface area (Å²) >= 11 is 0. The number of ketones is 1. The molecule has 0 saturated carbocycles. The third kappa shape index (κ3) is 6.40. The fourth-order valence-electron chi connectivity index (χ4n) is 7.34. The number of aliphatic hydroxyl groups is 1. The molecule has 49 heavy (non-hydrogen) atoms. The van der Waals surface area contributed by atoms with Crippen molar-refractivity contribution in [2.45, 2.75) is 88.7 Å². The van der Waals surface area contributed by atoms with Crippen LogP contribution in [0, 0.1) is 12.8 Å². The number of benzene rings is 2. The molecule has 3 aliphatic rings. The molecule has 1 fully saturated rings. The van der Waals surface area contributed by atoms with Crippen molar-refractivity contribution in [2.24, 2.45) is 5.92 Å². The predicted octanol–water partition coefficient (Wildman–Crippen LogP) is 3.27. The Bertz CT molecular complexity index is 1690. The Hall–Kier alpha value is -4.75. The normalized spacial score (nSPS) is 26.0. The van der Waals surface area contributed by atoms with E-state index in [9.17, 15) is 39.3 Å². The number of ether oxygens (including phenoxy) is 4.